The summed E-state index contributed by atoms with van der Waals surface area (Å²) < 4.78 is 14.7. The summed E-state index contributed by atoms with van der Waals surface area (Å²) in [6.07, 6.45) is 5.01. The molecular weight excluding hydrogens is 347 g/mol. The maximum Gasteiger partial charge on any atom is 0.256 e. The zero-order valence-corrected chi connectivity index (χ0v) is 14.9. The summed E-state index contributed by atoms with van der Waals surface area (Å²) in [6, 6.07) is 3.58. The first-order valence-corrected chi connectivity index (χ1v) is 9.03. The SMILES string of the molecule is Cl.O=C(Nc1ccc2c(c1F)CCNC2)c1csc2c1CCCC2. The minimum absolute atomic E-state index is 0. The molecule has 0 atom stereocenters. The van der Waals surface area contributed by atoms with Gasteiger partial charge in [0.05, 0.1) is 11.3 Å². The van der Waals surface area contributed by atoms with Crippen LogP contribution in [0.2, 0.25) is 0 Å². The van der Waals surface area contributed by atoms with Crippen LogP contribution in [0, 0.1) is 5.82 Å². The molecule has 1 aromatic carbocycles. The summed E-state index contributed by atoms with van der Waals surface area (Å²) in [4.78, 5) is 13.9. The van der Waals surface area contributed by atoms with Crippen LogP contribution in [0.15, 0.2) is 17.5 Å². The normalized spacial score (nSPS) is 15.9. The van der Waals surface area contributed by atoms with Crippen molar-refractivity contribution in [3.63, 3.8) is 0 Å². The fraction of sp³-hybridized carbons (Fsp3) is 0.389. The Morgan fingerprint density at radius 1 is 1.17 bits per heavy atom. The number of thiophene rings is 1. The van der Waals surface area contributed by atoms with Crippen LogP contribution >= 0.6 is 23.7 Å². The number of aryl methyl sites for hydroxylation is 1. The van der Waals surface area contributed by atoms with E-state index >= 15 is 0 Å². The molecular formula is C18H20ClFN2OS. The first-order chi connectivity index (χ1) is 11.2. The van der Waals surface area contributed by atoms with Crippen LogP contribution in [0.4, 0.5) is 10.1 Å². The Balaban J connectivity index is 0.00000169. The van der Waals surface area contributed by atoms with E-state index in [0.29, 0.717) is 18.7 Å². The molecule has 0 saturated heterocycles. The Kier molecular flexibility index (Phi) is 5.23. The lowest BCUT2D eigenvalue weighted by Gasteiger charge is -2.19. The van der Waals surface area contributed by atoms with E-state index in [4.69, 9.17) is 0 Å². The Hall–Kier alpha value is -1.43. The van der Waals surface area contributed by atoms with Crippen molar-refractivity contribution >= 4 is 35.3 Å². The lowest BCUT2D eigenvalue weighted by atomic mass is 9.95. The highest BCUT2D eigenvalue weighted by Crippen LogP contribution is 2.31. The molecule has 2 heterocycles. The number of rotatable bonds is 2. The minimum Gasteiger partial charge on any atom is -0.319 e. The predicted octanol–water partition coefficient (Wildman–Crippen LogP) is 4.09. The predicted molar refractivity (Wildman–Crippen MR) is 98.0 cm³/mol. The van der Waals surface area contributed by atoms with Crippen molar-refractivity contribution in [2.24, 2.45) is 0 Å². The van der Waals surface area contributed by atoms with Gasteiger partial charge in [0.1, 0.15) is 5.82 Å². The Morgan fingerprint density at radius 2 is 2.00 bits per heavy atom. The third-order valence-corrected chi connectivity index (χ3v) is 5.85. The van der Waals surface area contributed by atoms with Crippen molar-refractivity contribution in [2.45, 2.75) is 38.6 Å². The maximum absolute atomic E-state index is 14.7. The van der Waals surface area contributed by atoms with Crippen LogP contribution in [-0.2, 0) is 25.8 Å². The van der Waals surface area contributed by atoms with Crippen LogP contribution in [0.5, 0.6) is 0 Å². The van der Waals surface area contributed by atoms with Crippen LogP contribution in [0.3, 0.4) is 0 Å². The average molecular weight is 367 g/mol. The third-order valence-electron chi connectivity index (χ3n) is 4.76. The van der Waals surface area contributed by atoms with Crippen molar-refractivity contribution in [3.8, 4) is 0 Å². The topological polar surface area (TPSA) is 41.1 Å². The van der Waals surface area contributed by atoms with Gasteiger partial charge in [-0.1, -0.05) is 6.07 Å². The molecule has 2 N–H and O–H groups in total. The molecule has 4 rings (SSSR count). The summed E-state index contributed by atoms with van der Waals surface area (Å²) >= 11 is 1.66. The van der Waals surface area contributed by atoms with Crippen LogP contribution < -0.4 is 10.6 Å². The molecule has 3 nitrogen and oxygen atoms in total. The highest BCUT2D eigenvalue weighted by Gasteiger charge is 2.22. The molecule has 1 aromatic heterocycles. The largest absolute Gasteiger partial charge is 0.319 e. The first-order valence-electron chi connectivity index (χ1n) is 8.15. The first kappa shape index (κ1) is 17.4. The minimum atomic E-state index is -0.276. The molecule has 0 saturated carbocycles. The van der Waals surface area contributed by atoms with Gasteiger partial charge in [-0.3, -0.25) is 4.79 Å². The highest BCUT2D eigenvalue weighted by atomic mass is 35.5. The fourth-order valence-corrected chi connectivity index (χ4v) is 4.63. The van der Waals surface area contributed by atoms with Gasteiger partial charge < -0.3 is 10.6 Å². The van der Waals surface area contributed by atoms with Gasteiger partial charge in [0.15, 0.2) is 0 Å². The van der Waals surface area contributed by atoms with E-state index in [9.17, 15) is 9.18 Å². The molecule has 0 fully saturated rings. The number of fused-ring (bicyclic) bond motifs is 2. The van der Waals surface area contributed by atoms with Crippen molar-refractivity contribution in [2.75, 3.05) is 11.9 Å². The van der Waals surface area contributed by atoms with Gasteiger partial charge in [-0.15, -0.1) is 23.7 Å². The van der Waals surface area contributed by atoms with Crippen molar-refractivity contribution in [1.29, 1.82) is 0 Å². The van der Waals surface area contributed by atoms with Gasteiger partial charge >= 0.3 is 0 Å². The zero-order chi connectivity index (χ0) is 15.8. The van der Waals surface area contributed by atoms with Crippen molar-refractivity contribution < 1.29 is 9.18 Å². The Labute approximate surface area is 151 Å². The molecule has 128 valence electrons. The van der Waals surface area contributed by atoms with E-state index in [0.717, 1.165) is 42.5 Å². The Morgan fingerprint density at radius 3 is 2.88 bits per heavy atom. The van der Waals surface area contributed by atoms with Crippen LogP contribution in [0.25, 0.3) is 0 Å². The molecule has 0 spiro atoms. The average Bonchev–Trinajstić information content (AvgIpc) is 3.02. The number of hydrogen-bond donors (Lipinski definition) is 2. The van der Waals surface area contributed by atoms with E-state index in [-0.39, 0.29) is 24.1 Å². The summed E-state index contributed by atoms with van der Waals surface area (Å²) in [6.45, 7) is 1.47. The summed E-state index contributed by atoms with van der Waals surface area (Å²) in [5, 5.41) is 7.94. The number of carbonyl (C=O) groups excluding carboxylic acids is 1. The maximum atomic E-state index is 14.7. The number of hydrogen-bond acceptors (Lipinski definition) is 3. The molecule has 1 amide bonds. The molecule has 2 aromatic rings. The zero-order valence-electron chi connectivity index (χ0n) is 13.3. The number of amides is 1. The number of nitrogens with one attached hydrogen (secondary N) is 2. The second-order valence-corrected chi connectivity index (χ2v) is 7.17. The standard InChI is InChI=1S/C18H19FN2OS.ClH/c19-17-12-7-8-20-9-11(12)5-6-15(17)21-18(22)14-10-23-16-4-2-1-3-13(14)16;/h5-6,10,20H,1-4,7-9H2,(H,21,22);1H. The van der Waals surface area contributed by atoms with E-state index in [1.165, 1.54) is 16.9 Å². The van der Waals surface area contributed by atoms with E-state index in [2.05, 4.69) is 10.6 Å². The van der Waals surface area contributed by atoms with Gasteiger partial charge in [-0.2, -0.15) is 0 Å². The monoisotopic (exact) mass is 366 g/mol. The second kappa shape index (κ2) is 7.21. The van der Waals surface area contributed by atoms with E-state index in [1.54, 1.807) is 17.4 Å². The van der Waals surface area contributed by atoms with Gasteiger partial charge in [-0.05, 0) is 61.4 Å². The molecule has 1 aliphatic carbocycles. The molecule has 0 bridgehead atoms. The van der Waals surface area contributed by atoms with Crippen LogP contribution in [0.1, 0.15) is 44.8 Å². The second-order valence-electron chi connectivity index (χ2n) is 6.20. The lowest BCUT2D eigenvalue weighted by molar-refractivity contribution is 0.102. The molecule has 24 heavy (non-hydrogen) atoms. The van der Waals surface area contributed by atoms with Gasteiger partial charge in [0.2, 0.25) is 0 Å². The lowest BCUT2D eigenvalue weighted by Crippen LogP contribution is -2.25. The molecule has 0 unspecified atom stereocenters. The summed E-state index contributed by atoms with van der Waals surface area (Å²) in [7, 11) is 0. The summed E-state index contributed by atoms with van der Waals surface area (Å²) in [5.74, 6) is -0.460. The van der Waals surface area contributed by atoms with Crippen molar-refractivity contribution in [3.05, 3.63) is 50.5 Å². The number of carbonyl (C=O) groups is 1. The van der Waals surface area contributed by atoms with Gasteiger partial charge in [0.25, 0.3) is 5.91 Å². The van der Waals surface area contributed by atoms with Gasteiger partial charge in [0, 0.05) is 16.8 Å². The number of anilines is 1. The van der Waals surface area contributed by atoms with Crippen molar-refractivity contribution in [1.82, 2.24) is 5.32 Å². The van der Waals surface area contributed by atoms with Crippen LogP contribution in [-0.4, -0.2) is 12.5 Å². The quantitative estimate of drug-likeness (QED) is 0.840. The Bertz CT molecular complexity index is 775. The third kappa shape index (κ3) is 3.08. The number of halogens is 2. The highest BCUT2D eigenvalue weighted by molar-refractivity contribution is 7.10. The summed E-state index contributed by atoms with van der Waals surface area (Å²) in [5.41, 5.74) is 3.91. The number of benzene rings is 1. The fourth-order valence-electron chi connectivity index (χ4n) is 3.50. The van der Waals surface area contributed by atoms with Gasteiger partial charge in [-0.25, -0.2) is 4.39 Å². The van der Waals surface area contributed by atoms with E-state index < -0.39 is 0 Å². The molecule has 6 heteroatoms. The molecule has 2 aliphatic rings. The van der Waals surface area contributed by atoms with E-state index in [1.807, 2.05) is 11.4 Å². The molecule has 0 radical (unpaired) electrons. The smallest absolute Gasteiger partial charge is 0.256 e. The molecule has 1 aliphatic heterocycles.